The van der Waals surface area contributed by atoms with Crippen molar-refractivity contribution in [2.45, 2.75) is 12.8 Å². The third kappa shape index (κ3) is 4.93. The van der Waals surface area contributed by atoms with Crippen LogP contribution >= 0.6 is 0 Å². The van der Waals surface area contributed by atoms with E-state index in [1.54, 1.807) is 23.1 Å². The molecule has 1 N–H and O–H groups in total. The van der Waals surface area contributed by atoms with Gasteiger partial charge in [-0.3, -0.25) is 13.9 Å². The van der Waals surface area contributed by atoms with Gasteiger partial charge in [-0.15, -0.1) is 0 Å². The molecule has 2 aromatic rings. The SMILES string of the molecule is CS(=O)(=O)N(CC(=O)Nc1ccccc1C(=O)N1CCCC1)c1ccc(F)cc1F. The van der Waals surface area contributed by atoms with Gasteiger partial charge in [0.1, 0.15) is 18.2 Å². The summed E-state index contributed by atoms with van der Waals surface area (Å²) in [4.78, 5) is 27.0. The molecule has 7 nitrogen and oxygen atoms in total. The van der Waals surface area contributed by atoms with Crippen LogP contribution in [-0.4, -0.2) is 51.0 Å². The second-order valence-corrected chi connectivity index (χ2v) is 8.87. The van der Waals surface area contributed by atoms with Crippen molar-refractivity contribution in [2.24, 2.45) is 0 Å². The lowest BCUT2D eigenvalue weighted by Gasteiger charge is -2.23. The molecule has 160 valence electrons. The van der Waals surface area contributed by atoms with Crippen molar-refractivity contribution in [3.05, 3.63) is 59.7 Å². The number of para-hydroxylation sites is 1. The van der Waals surface area contributed by atoms with Gasteiger partial charge in [0.2, 0.25) is 15.9 Å². The molecule has 0 unspecified atom stereocenters. The predicted molar refractivity (Wildman–Crippen MR) is 109 cm³/mol. The first-order valence-electron chi connectivity index (χ1n) is 9.28. The first kappa shape index (κ1) is 21.7. The summed E-state index contributed by atoms with van der Waals surface area (Å²) in [7, 11) is -4.05. The Morgan fingerprint density at radius 2 is 1.77 bits per heavy atom. The monoisotopic (exact) mass is 437 g/mol. The summed E-state index contributed by atoms with van der Waals surface area (Å²) in [6.45, 7) is 0.521. The first-order valence-corrected chi connectivity index (χ1v) is 11.1. The number of hydrogen-bond acceptors (Lipinski definition) is 4. The molecule has 3 rings (SSSR count). The van der Waals surface area contributed by atoms with Gasteiger partial charge in [-0.1, -0.05) is 12.1 Å². The van der Waals surface area contributed by atoms with E-state index in [0.29, 0.717) is 23.5 Å². The van der Waals surface area contributed by atoms with Crippen molar-refractivity contribution in [3.63, 3.8) is 0 Å². The Labute approximate surface area is 173 Å². The third-order valence-corrected chi connectivity index (χ3v) is 5.82. The van der Waals surface area contributed by atoms with Gasteiger partial charge in [0.25, 0.3) is 5.91 Å². The van der Waals surface area contributed by atoms with Gasteiger partial charge in [0, 0.05) is 19.2 Å². The molecule has 1 saturated heterocycles. The van der Waals surface area contributed by atoms with Crippen molar-refractivity contribution in [1.29, 1.82) is 0 Å². The number of likely N-dealkylation sites (tertiary alicyclic amines) is 1. The average Bonchev–Trinajstić information content (AvgIpc) is 3.20. The molecule has 0 saturated carbocycles. The van der Waals surface area contributed by atoms with Crippen LogP contribution in [0.3, 0.4) is 0 Å². The molecule has 1 fully saturated rings. The summed E-state index contributed by atoms with van der Waals surface area (Å²) < 4.78 is 52.1. The molecule has 0 bridgehead atoms. The van der Waals surface area contributed by atoms with Crippen LogP contribution < -0.4 is 9.62 Å². The third-order valence-electron chi connectivity index (χ3n) is 4.69. The number of nitrogens with one attached hydrogen (secondary N) is 1. The maximum atomic E-state index is 14.1. The molecule has 0 aliphatic carbocycles. The van der Waals surface area contributed by atoms with Gasteiger partial charge in [0.15, 0.2) is 0 Å². The van der Waals surface area contributed by atoms with E-state index >= 15 is 0 Å². The van der Waals surface area contributed by atoms with Crippen LogP contribution in [0.2, 0.25) is 0 Å². The van der Waals surface area contributed by atoms with Gasteiger partial charge in [-0.2, -0.15) is 0 Å². The summed E-state index contributed by atoms with van der Waals surface area (Å²) in [5.74, 6) is -2.99. The van der Waals surface area contributed by atoms with E-state index in [0.717, 1.165) is 31.2 Å². The number of halogens is 2. The lowest BCUT2D eigenvalue weighted by molar-refractivity contribution is -0.114. The minimum Gasteiger partial charge on any atom is -0.339 e. The van der Waals surface area contributed by atoms with E-state index in [1.807, 2.05) is 0 Å². The number of hydrogen-bond donors (Lipinski definition) is 1. The van der Waals surface area contributed by atoms with Crippen LogP contribution in [0.15, 0.2) is 42.5 Å². The van der Waals surface area contributed by atoms with Crippen LogP contribution in [0, 0.1) is 11.6 Å². The fraction of sp³-hybridized carbons (Fsp3) is 0.300. The highest BCUT2D eigenvalue weighted by Crippen LogP contribution is 2.24. The molecule has 0 spiro atoms. The number of carbonyl (C=O) groups is 2. The van der Waals surface area contributed by atoms with Gasteiger partial charge in [-0.25, -0.2) is 17.2 Å². The molecule has 1 heterocycles. The average molecular weight is 437 g/mol. The van der Waals surface area contributed by atoms with Gasteiger partial charge < -0.3 is 10.2 Å². The predicted octanol–water partition coefficient (Wildman–Crippen LogP) is 2.61. The van der Waals surface area contributed by atoms with Crippen molar-refractivity contribution in [2.75, 3.05) is 35.5 Å². The highest BCUT2D eigenvalue weighted by Gasteiger charge is 2.26. The highest BCUT2D eigenvalue weighted by atomic mass is 32.2. The zero-order valence-electron chi connectivity index (χ0n) is 16.3. The molecule has 2 aromatic carbocycles. The fourth-order valence-electron chi connectivity index (χ4n) is 3.25. The zero-order valence-corrected chi connectivity index (χ0v) is 17.1. The molecular weight excluding hydrogens is 416 g/mol. The smallest absolute Gasteiger partial charge is 0.255 e. The summed E-state index contributed by atoms with van der Waals surface area (Å²) >= 11 is 0. The number of nitrogens with zero attached hydrogens (tertiary/aromatic N) is 2. The lowest BCUT2D eigenvalue weighted by Crippen LogP contribution is -2.38. The number of carbonyl (C=O) groups excluding carboxylic acids is 2. The molecule has 10 heteroatoms. The standard InChI is InChI=1S/C20H21F2N3O4S/c1-30(28,29)25(18-9-8-14(21)12-16(18)22)13-19(26)23-17-7-3-2-6-15(17)20(27)24-10-4-5-11-24/h2-3,6-9,12H,4-5,10-11,13H2,1H3,(H,23,26). The van der Waals surface area contributed by atoms with E-state index in [4.69, 9.17) is 0 Å². The lowest BCUT2D eigenvalue weighted by atomic mass is 10.1. The van der Waals surface area contributed by atoms with E-state index < -0.39 is 39.8 Å². The van der Waals surface area contributed by atoms with Crippen molar-refractivity contribution >= 4 is 33.2 Å². The Balaban J connectivity index is 1.82. The number of benzene rings is 2. The van der Waals surface area contributed by atoms with Crippen molar-refractivity contribution in [1.82, 2.24) is 4.90 Å². The van der Waals surface area contributed by atoms with Crippen LogP contribution in [-0.2, 0) is 14.8 Å². The van der Waals surface area contributed by atoms with Crippen LogP contribution in [0.25, 0.3) is 0 Å². The highest BCUT2D eigenvalue weighted by molar-refractivity contribution is 7.92. The Kier molecular flexibility index (Phi) is 6.35. The summed E-state index contributed by atoms with van der Waals surface area (Å²) in [6, 6.07) is 8.78. The summed E-state index contributed by atoms with van der Waals surface area (Å²) in [6.07, 6.45) is 2.63. The second-order valence-electron chi connectivity index (χ2n) is 6.96. The zero-order chi connectivity index (χ0) is 21.9. The Morgan fingerprint density at radius 3 is 2.40 bits per heavy atom. The molecule has 1 aliphatic heterocycles. The molecule has 30 heavy (non-hydrogen) atoms. The number of anilines is 2. The molecule has 0 radical (unpaired) electrons. The molecule has 1 aliphatic rings. The van der Waals surface area contributed by atoms with Crippen molar-refractivity contribution < 1.29 is 26.8 Å². The van der Waals surface area contributed by atoms with E-state index in [2.05, 4.69) is 5.32 Å². The maximum absolute atomic E-state index is 14.1. The minimum atomic E-state index is -4.05. The number of rotatable bonds is 6. The van der Waals surface area contributed by atoms with Crippen LogP contribution in [0.4, 0.5) is 20.2 Å². The minimum absolute atomic E-state index is 0.229. The molecule has 0 aromatic heterocycles. The Hall–Kier alpha value is -3.01. The molecule has 2 amide bonds. The summed E-state index contributed by atoms with van der Waals surface area (Å²) in [5, 5.41) is 2.53. The molecular formula is C20H21F2N3O4S. The normalized spacial score (nSPS) is 13.9. The summed E-state index contributed by atoms with van der Waals surface area (Å²) in [5.41, 5.74) is 0.0644. The quantitative estimate of drug-likeness (QED) is 0.753. The van der Waals surface area contributed by atoms with Gasteiger partial charge in [-0.05, 0) is 37.1 Å². The van der Waals surface area contributed by atoms with E-state index in [-0.39, 0.29) is 17.2 Å². The Morgan fingerprint density at radius 1 is 1.10 bits per heavy atom. The Bertz CT molecular complexity index is 1070. The van der Waals surface area contributed by atoms with Crippen LogP contribution in [0.5, 0.6) is 0 Å². The van der Waals surface area contributed by atoms with Gasteiger partial charge in [0.05, 0.1) is 23.2 Å². The first-order chi connectivity index (χ1) is 14.2. The second kappa shape index (κ2) is 8.78. The topological polar surface area (TPSA) is 86.8 Å². The van der Waals surface area contributed by atoms with Crippen molar-refractivity contribution in [3.8, 4) is 0 Å². The number of sulfonamides is 1. The largest absolute Gasteiger partial charge is 0.339 e. The fourth-order valence-corrected chi connectivity index (χ4v) is 4.11. The molecule has 0 atom stereocenters. The number of amides is 2. The van der Waals surface area contributed by atoms with Crippen LogP contribution in [0.1, 0.15) is 23.2 Å². The van der Waals surface area contributed by atoms with E-state index in [9.17, 15) is 26.8 Å². The van der Waals surface area contributed by atoms with Gasteiger partial charge >= 0.3 is 0 Å². The van der Waals surface area contributed by atoms with E-state index in [1.165, 1.54) is 6.07 Å². The maximum Gasteiger partial charge on any atom is 0.255 e.